The van der Waals surface area contributed by atoms with Gasteiger partial charge in [-0.3, -0.25) is 37.3 Å². The number of phosphoric acid groups is 2. The number of phosphoric ester groups is 2. The fourth-order valence-corrected chi connectivity index (χ4v) is 14.9. The molecule has 7 atom stereocenters. The first-order valence-corrected chi connectivity index (χ1v) is 47.4. The van der Waals surface area contributed by atoms with Crippen molar-refractivity contribution in [2.24, 2.45) is 17.8 Å². The number of carbonyl (C=O) groups is 4. The van der Waals surface area contributed by atoms with Gasteiger partial charge in [0.05, 0.1) is 26.4 Å². The summed E-state index contributed by atoms with van der Waals surface area (Å²) in [5.41, 5.74) is 0. The van der Waals surface area contributed by atoms with E-state index in [1.807, 2.05) is 0 Å². The van der Waals surface area contributed by atoms with Crippen LogP contribution >= 0.6 is 15.6 Å². The number of unbranched alkanes of at least 4 members (excludes halogenated alkanes) is 50. The monoisotopic (exact) mass is 1540 g/mol. The summed E-state index contributed by atoms with van der Waals surface area (Å²) in [5, 5.41) is 10.7. The third-order valence-corrected chi connectivity index (χ3v) is 22.8. The molecule has 0 bridgehead atoms. The molecule has 105 heavy (non-hydrogen) atoms. The number of hydrogen-bond donors (Lipinski definition) is 3. The smallest absolute Gasteiger partial charge is 0.462 e. The Balaban J connectivity index is 5.18. The first-order chi connectivity index (χ1) is 50.8. The van der Waals surface area contributed by atoms with Gasteiger partial charge in [-0.2, -0.15) is 0 Å². The molecular formula is C86H168O17P2. The van der Waals surface area contributed by atoms with E-state index in [0.29, 0.717) is 31.6 Å². The number of carbonyl (C=O) groups excluding carboxylic acids is 4. The molecule has 0 saturated heterocycles. The second-order valence-corrected chi connectivity index (χ2v) is 34.8. The zero-order valence-electron chi connectivity index (χ0n) is 69.2. The molecule has 0 aromatic heterocycles. The lowest BCUT2D eigenvalue weighted by Crippen LogP contribution is -2.30. The highest BCUT2D eigenvalue weighted by molar-refractivity contribution is 7.47. The van der Waals surface area contributed by atoms with Gasteiger partial charge in [-0.05, 0) is 43.4 Å². The second kappa shape index (κ2) is 76.1. The summed E-state index contributed by atoms with van der Waals surface area (Å²) in [7, 11) is -9.92. The largest absolute Gasteiger partial charge is 0.472 e. The van der Waals surface area contributed by atoms with Crippen LogP contribution in [0.25, 0.3) is 0 Å². The zero-order chi connectivity index (χ0) is 77.2. The van der Waals surface area contributed by atoms with Crippen LogP contribution in [-0.2, 0) is 65.4 Å². The quantitative estimate of drug-likeness (QED) is 0.0222. The Bertz CT molecular complexity index is 2030. The van der Waals surface area contributed by atoms with E-state index in [-0.39, 0.29) is 25.7 Å². The van der Waals surface area contributed by atoms with Crippen LogP contribution in [0.1, 0.15) is 453 Å². The molecule has 0 aromatic rings. The van der Waals surface area contributed by atoms with Crippen LogP contribution in [0, 0.1) is 17.8 Å². The van der Waals surface area contributed by atoms with Crippen LogP contribution in [-0.4, -0.2) is 96.7 Å². The molecule has 19 heteroatoms. The maximum atomic E-state index is 13.1. The molecule has 0 aromatic carbocycles. The van der Waals surface area contributed by atoms with Crippen molar-refractivity contribution in [2.75, 3.05) is 39.6 Å². The highest BCUT2D eigenvalue weighted by Gasteiger charge is 2.30. The minimum Gasteiger partial charge on any atom is -0.462 e. The summed E-state index contributed by atoms with van der Waals surface area (Å²) in [6.07, 6.45) is 66.8. The minimum atomic E-state index is -4.97. The Morgan fingerprint density at radius 3 is 0.724 bits per heavy atom. The van der Waals surface area contributed by atoms with Crippen molar-refractivity contribution >= 4 is 39.5 Å². The molecule has 0 aliphatic heterocycles. The molecule has 0 saturated carbocycles. The Hall–Kier alpha value is -1.94. The topological polar surface area (TPSA) is 237 Å². The van der Waals surface area contributed by atoms with E-state index in [0.717, 1.165) is 108 Å². The van der Waals surface area contributed by atoms with Gasteiger partial charge in [-0.25, -0.2) is 9.13 Å². The molecule has 17 nitrogen and oxygen atoms in total. The van der Waals surface area contributed by atoms with Crippen LogP contribution in [0.5, 0.6) is 0 Å². The normalized spacial score (nSPS) is 14.4. The van der Waals surface area contributed by atoms with E-state index in [1.165, 1.54) is 257 Å². The molecule has 4 unspecified atom stereocenters. The van der Waals surface area contributed by atoms with Crippen LogP contribution in [0.3, 0.4) is 0 Å². The highest BCUT2D eigenvalue weighted by atomic mass is 31.2. The maximum absolute atomic E-state index is 13.1. The van der Waals surface area contributed by atoms with Crippen molar-refractivity contribution in [3.8, 4) is 0 Å². The van der Waals surface area contributed by atoms with Crippen molar-refractivity contribution in [1.82, 2.24) is 0 Å². The molecule has 0 aliphatic carbocycles. The number of ether oxygens (including phenoxy) is 4. The predicted octanol–water partition coefficient (Wildman–Crippen LogP) is 26.1. The van der Waals surface area contributed by atoms with E-state index in [1.54, 1.807) is 0 Å². The molecule has 0 aliphatic rings. The van der Waals surface area contributed by atoms with Gasteiger partial charge in [0.15, 0.2) is 12.2 Å². The fraction of sp³-hybridized carbons (Fsp3) is 0.953. The third-order valence-electron chi connectivity index (χ3n) is 20.9. The van der Waals surface area contributed by atoms with Gasteiger partial charge in [0.1, 0.15) is 19.3 Å². The third kappa shape index (κ3) is 77.2. The first-order valence-electron chi connectivity index (χ1n) is 44.4. The van der Waals surface area contributed by atoms with Crippen molar-refractivity contribution in [2.45, 2.75) is 471 Å². The van der Waals surface area contributed by atoms with Crippen LogP contribution in [0.2, 0.25) is 0 Å². The summed E-state index contributed by atoms with van der Waals surface area (Å²) in [6.45, 7) is 12.0. The highest BCUT2D eigenvalue weighted by Crippen LogP contribution is 2.45. The summed E-state index contributed by atoms with van der Waals surface area (Å²) >= 11 is 0. The van der Waals surface area contributed by atoms with Gasteiger partial charge in [0.2, 0.25) is 0 Å². The van der Waals surface area contributed by atoms with E-state index in [2.05, 4.69) is 48.5 Å². The summed E-state index contributed by atoms with van der Waals surface area (Å²) in [6, 6.07) is 0. The fourth-order valence-electron chi connectivity index (χ4n) is 13.3. The molecule has 3 N–H and O–H groups in total. The summed E-state index contributed by atoms with van der Waals surface area (Å²) < 4.78 is 68.8. The van der Waals surface area contributed by atoms with Gasteiger partial charge in [0.25, 0.3) is 0 Å². The minimum absolute atomic E-state index is 0.106. The summed E-state index contributed by atoms with van der Waals surface area (Å²) in [5.74, 6) is 0.343. The average Bonchev–Trinajstić information content (AvgIpc) is 0.904. The molecular weight excluding hydrogens is 1370 g/mol. The van der Waals surface area contributed by atoms with E-state index in [9.17, 15) is 43.2 Å². The van der Waals surface area contributed by atoms with Crippen molar-refractivity contribution in [3.05, 3.63) is 0 Å². The Morgan fingerprint density at radius 2 is 0.486 bits per heavy atom. The molecule has 0 fully saturated rings. The van der Waals surface area contributed by atoms with Crippen LogP contribution < -0.4 is 0 Å². The molecule has 0 amide bonds. The van der Waals surface area contributed by atoms with Gasteiger partial charge in [-0.15, -0.1) is 0 Å². The average molecular weight is 1540 g/mol. The van der Waals surface area contributed by atoms with E-state index < -0.39 is 97.5 Å². The second-order valence-electron chi connectivity index (χ2n) is 31.9. The van der Waals surface area contributed by atoms with Gasteiger partial charge in [0, 0.05) is 25.7 Å². The number of rotatable bonds is 84. The maximum Gasteiger partial charge on any atom is 0.472 e. The van der Waals surface area contributed by atoms with E-state index >= 15 is 0 Å². The number of esters is 4. The number of aliphatic hydroxyl groups is 1. The van der Waals surface area contributed by atoms with Crippen LogP contribution in [0.4, 0.5) is 0 Å². The number of aliphatic hydroxyl groups excluding tert-OH is 1. The number of hydrogen-bond acceptors (Lipinski definition) is 15. The Kier molecular flexibility index (Phi) is 74.7. The molecule has 0 spiro atoms. The van der Waals surface area contributed by atoms with Gasteiger partial charge >= 0.3 is 39.5 Å². The molecule has 0 heterocycles. The first kappa shape index (κ1) is 103. The Morgan fingerprint density at radius 1 is 0.276 bits per heavy atom. The molecule has 0 radical (unpaired) electrons. The standard InChI is InChI=1S/C86H168O17P2/c1-8-11-12-13-14-15-32-40-47-55-62-69-85(90)103-82(74-97-84(89)68-61-54-49-42-43-50-57-64-77(4)5)76-101-105(94,95)99-72-80(87)71-98-104(92,93)100-75-81(102-86(91)70-63-56-48-41-36-31-27-23-19-17-21-25-29-34-38-45-52-59-66-79(7)10-3)73-96-83(88)67-60-53-46-39-35-30-26-22-18-16-20-24-28-33-37-44-51-58-65-78(6)9-2/h77-82,87H,8-76H2,1-7H3,(H,92,93)(H,94,95)/t78?,79?,80-,81-,82-/m1/s1. The van der Waals surface area contributed by atoms with Gasteiger partial charge in [-0.1, -0.05) is 402 Å². The van der Waals surface area contributed by atoms with Crippen molar-refractivity contribution < 1.29 is 80.2 Å². The Labute approximate surface area is 645 Å². The van der Waals surface area contributed by atoms with Gasteiger partial charge < -0.3 is 33.8 Å². The van der Waals surface area contributed by atoms with E-state index in [4.69, 9.17) is 37.0 Å². The van der Waals surface area contributed by atoms with Crippen molar-refractivity contribution in [3.63, 3.8) is 0 Å². The molecule has 624 valence electrons. The summed E-state index contributed by atoms with van der Waals surface area (Å²) in [4.78, 5) is 73.1. The SMILES string of the molecule is CCCCCCCCCCCCCC(=O)O[C@H](COC(=O)CCCCCCCCCC(C)C)COP(=O)(O)OC[C@H](O)COP(=O)(O)OC[C@@H](COC(=O)CCCCCCCCCCCCCCCCCCCCC(C)CC)OC(=O)CCCCCCCCCCCCCCCCCCCCC(C)CC. The molecule has 0 rings (SSSR count). The lowest BCUT2D eigenvalue weighted by atomic mass is 9.99. The lowest BCUT2D eigenvalue weighted by molar-refractivity contribution is -0.161. The zero-order valence-corrected chi connectivity index (χ0v) is 71.0. The predicted molar refractivity (Wildman–Crippen MR) is 432 cm³/mol. The van der Waals surface area contributed by atoms with Crippen LogP contribution in [0.15, 0.2) is 0 Å². The van der Waals surface area contributed by atoms with Crippen molar-refractivity contribution in [1.29, 1.82) is 0 Å². The lowest BCUT2D eigenvalue weighted by Gasteiger charge is -2.21.